The normalized spacial score (nSPS) is 24.9. The van der Waals surface area contributed by atoms with Gasteiger partial charge in [-0.05, 0) is 64.9 Å². The van der Waals surface area contributed by atoms with Gasteiger partial charge in [-0.1, -0.05) is 248 Å². The molecule has 15 atom stereocenters. The molecule has 0 saturated carbocycles. The minimum absolute atomic E-state index is 0.0744. The van der Waals surface area contributed by atoms with Crippen LogP contribution in [0.4, 0.5) is 14.4 Å². The summed E-state index contributed by atoms with van der Waals surface area (Å²) in [6.45, 7) is 8.10. The Morgan fingerprint density at radius 3 is 1.51 bits per heavy atom. The second-order valence-electron chi connectivity index (χ2n) is 27.1. The first kappa shape index (κ1) is 84.4. The number of rotatable bonds is 38. The molecule has 0 unspecified atom stereocenters. The van der Waals surface area contributed by atoms with Crippen LogP contribution in [0, 0.1) is 0 Å². The second kappa shape index (κ2) is 42.0. The molecule has 4 aliphatic rings. The Morgan fingerprint density at radius 2 is 0.973 bits per heavy atom. The molecule has 598 valence electrons. The molecular weight excluding hydrogens is 1510 g/mol. The van der Waals surface area contributed by atoms with Gasteiger partial charge in [0.1, 0.15) is 93.1 Å². The fourth-order valence-corrected chi connectivity index (χ4v) is 13.3. The standard InChI is InChI=1S/C84H93Cl3N2O23/c1-6-42-96-76-69(89-79(91)97-43-7-2)75(109-81(93)104-51-61-36-24-13-25-37-61)71(100-48-59-32-20-11-21-33-59)66(107-76)53-102-77-68(88-80(92)105-55-84(85,86)87)74(101-49-62-38-40-63(94-5)41-39-62)70(99-47-58-30-18-10-19-31-58)67(108-77)54-106-83(78(90)103-50-60-34-22-12-23-35-60)44-64-72(111-82(3,4)110-64)73(112-83)65(98-46-57-28-16-9-17-29-57)52-95-45-56-26-14-8-15-27-56/h6-41,64-77H,1-2,42-55H2,3-5H3,(H,88,92)(H,89,91)/t64-,65-,66-,67-,68-,69-,70-,71-,72-,73-,74-,75-,76+,77-,83-/m1/s1. The van der Waals surface area contributed by atoms with Crippen molar-refractivity contribution in [3.8, 4) is 5.75 Å². The number of ether oxygens (including phenoxy) is 19. The number of esters is 1. The van der Waals surface area contributed by atoms with E-state index in [1.807, 2.05) is 146 Å². The Hall–Kier alpha value is -8.55. The van der Waals surface area contributed by atoms with Gasteiger partial charge in [0.25, 0.3) is 5.79 Å². The molecule has 0 bridgehead atoms. The molecule has 0 aromatic heterocycles. The van der Waals surface area contributed by atoms with E-state index in [2.05, 4.69) is 23.8 Å². The number of nitrogens with one attached hydrogen (secondary N) is 2. The van der Waals surface area contributed by atoms with Crippen molar-refractivity contribution in [3.63, 3.8) is 0 Å². The zero-order valence-corrected chi connectivity index (χ0v) is 64.5. The monoisotopic (exact) mass is 1600 g/mol. The molecule has 28 heteroatoms. The number of amides is 2. The minimum Gasteiger partial charge on any atom is -0.497 e. The van der Waals surface area contributed by atoms with Gasteiger partial charge in [0.2, 0.25) is 3.79 Å². The van der Waals surface area contributed by atoms with Crippen LogP contribution in [0.2, 0.25) is 0 Å². The van der Waals surface area contributed by atoms with Crippen molar-refractivity contribution in [2.75, 3.05) is 46.8 Å². The van der Waals surface area contributed by atoms with Gasteiger partial charge in [-0.15, -0.1) is 6.58 Å². The van der Waals surface area contributed by atoms with Crippen molar-refractivity contribution in [1.29, 1.82) is 0 Å². The Kier molecular flexibility index (Phi) is 31.6. The summed E-state index contributed by atoms with van der Waals surface area (Å²) in [4.78, 5) is 58.6. The first-order valence-corrected chi connectivity index (χ1v) is 37.7. The molecule has 4 aliphatic heterocycles. The van der Waals surface area contributed by atoms with Crippen LogP contribution >= 0.6 is 34.8 Å². The average molecular weight is 1610 g/mol. The van der Waals surface area contributed by atoms with E-state index in [0.717, 1.165) is 11.1 Å². The predicted octanol–water partition coefficient (Wildman–Crippen LogP) is 13.5. The van der Waals surface area contributed by atoms with E-state index >= 15 is 4.79 Å². The lowest BCUT2D eigenvalue weighted by atomic mass is 9.92. The van der Waals surface area contributed by atoms with E-state index in [9.17, 15) is 14.4 Å². The highest BCUT2D eigenvalue weighted by molar-refractivity contribution is 6.67. The van der Waals surface area contributed by atoms with Crippen molar-refractivity contribution in [1.82, 2.24) is 10.6 Å². The van der Waals surface area contributed by atoms with Gasteiger partial charge in [-0.3, -0.25) is 0 Å². The first-order chi connectivity index (χ1) is 54.3. The SMILES string of the molecule is C=CCOC(=O)N[C@H]1[C@@H](OCC=C)O[C@H](CO[C@@H]2O[C@H](CO[C@]3(C(=O)OCc4ccccc4)C[C@H]4OC(C)(C)O[C@H]4[C@@H]([C@@H](COCc4ccccc4)OCc4ccccc4)O3)[C@@H](OCc3ccccc3)[C@H](OCc3ccc(OC)cc3)[C@H]2NC(=O)OCC(Cl)(Cl)Cl)[C@@H](OCc2ccccc2)[C@@H]1OC(=O)OCc1ccccc1. The van der Waals surface area contributed by atoms with Crippen LogP contribution in [0.5, 0.6) is 5.75 Å². The summed E-state index contributed by atoms with van der Waals surface area (Å²) in [5.74, 6) is -4.04. The molecule has 112 heavy (non-hydrogen) atoms. The summed E-state index contributed by atoms with van der Waals surface area (Å²) in [6.07, 6.45) is -16.5. The molecule has 4 fully saturated rings. The fraction of sp³-hybridized carbons (Fsp3) is 0.405. The van der Waals surface area contributed by atoms with Gasteiger partial charge < -0.3 is 101 Å². The zero-order chi connectivity index (χ0) is 78.7. The van der Waals surface area contributed by atoms with E-state index in [4.69, 9.17) is 125 Å². The Bertz CT molecular complexity index is 4030. The number of carbonyl (C=O) groups excluding carboxylic acids is 4. The third-order valence-corrected chi connectivity index (χ3v) is 18.7. The lowest BCUT2D eigenvalue weighted by molar-refractivity contribution is -0.343. The Morgan fingerprint density at radius 1 is 0.509 bits per heavy atom. The van der Waals surface area contributed by atoms with Crippen LogP contribution in [0.25, 0.3) is 0 Å². The Balaban J connectivity index is 1.02. The third kappa shape index (κ3) is 25.0. The molecule has 4 heterocycles. The summed E-state index contributed by atoms with van der Waals surface area (Å²) in [7, 11) is 1.54. The maximum atomic E-state index is 15.9. The Labute approximate surface area is 666 Å². The number of hydrogen-bond donors (Lipinski definition) is 2. The maximum Gasteiger partial charge on any atom is 0.509 e. The number of fused-ring (bicyclic) bond motifs is 1. The van der Waals surface area contributed by atoms with Crippen LogP contribution in [-0.2, 0) is 136 Å². The molecule has 0 aliphatic carbocycles. The third-order valence-electron chi connectivity index (χ3n) is 18.4. The molecule has 7 aromatic rings. The van der Waals surface area contributed by atoms with Crippen molar-refractivity contribution < 1.29 is 109 Å². The number of methoxy groups -OCH3 is 1. The van der Waals surface area contributed by atoms with Gasteiger partial charge in [-0.2, -0.15) is 0 Å². The quantitative estimate of drug-likeness (QED) is 0.0158. The van der Waals surface area contributed by atoms with Crippen LogP contribution in [0.3, 0.4) is 0 Å². The van der Waals surface area contributed by atoms with E-state index in [1.54, 1.807) is 74.5 Å². The van der Waals surface area contributed by atoms with Gasteiger partial charge in [0.15, 0.2) is 24.5 Å². The summed E-state index contributed by atoms with van der Waals surface area (Å²) >= 11 is 18.7. The second-order valence-corrected chi connectivity index (χ2v) is 29.6. The number of alkyl halides is 3. The van der Waals surface area contributed by atoms with Gasteiger partial charge >= 0.3 is 24.3 Å². The molecule has 2 N–H and O–H groups in total. The topological polar surface area (TPSA) is 268 Å². The average Bonchev–Trinajstić information content (AvgIpc) is 1.45. The summed E-state index contributed by atoms with van der Waals surface area (Å²) in [6, 6.07) is 59.6. The molecule has 0 spiro atoms. The molecule has 25 nitrogen and oxygen atoms in total. The van der Waals surface area contributed by atoms with Crippen LogP contribution in [-0.4, -0.2) is 172 Å². The summed E-state index contributed by atoms with van der Waals surface area (Å²) in [5.41, 5.74) is 5.03. The lowest BCUT2D eigenvalue weighted by Crippen LogP contribution is -2.68. The molecule has 0 radical (unpaired) electrons. The zero-order valence-electron chi connectivity index (χ0n) is 62.2. The largest absolute Gasteiger partial charge is 0.509 e. The van der Waals surface area contributed by atoms with E-state index in [1.165, 1.54) is 19.3 Å². The lowest BCUT2D eigenvalue weighted by Gasteiger charge is -2.49. The van der Waals surface area contributed by atoms with Crippen LogP contribution < -0.4 is 15.4 Å². The van der Waals surface area contributed by atoms with Gasteiger partial charge in [0, 0.05) is 6.42 Å². The first-order valence-electron chi connectivity index (χ1n) is 36.6. The molecule has 2 amide bonds. The van der Waals surface area contributed by atoms with E-state index < -0.39 is 145 Å². The predicted molar refractivity (Wildman–Crippen MR) is 409 cm³/mol. The highest BCUT2D eigenvalue weighted by Gasteiger charge is 2.62. The number of carbonyl (C=O) groups is 4. The highest BCUT2D eigenvalue weighted by atomic mass is 35.6. The van der Waals surface area contributed by atoms with Crippen molar-refractivity contribution in [2.45, 2.75) is 168 Å². The highest BCUT2D eigenvalue weighted by Crippen LogP contribution is 2.45. The number of hydrogen-bond acceptors (Lipinski definition) is 23. The van der Waals surface area contributed by atoms with Crippen LogP contribution in [0.1, 0.15) is 59.2 Å². The molecule has 11 rings (SSSR count). The smallest absolute Gasteiger partial charge is 0.497 e. The number of benzene rings is 7. The number of halogens is 3. The molecule has 7 aromatic carbocycles. The maximum absolute atomic E-state index is 15.9. The van der Waals surface area contributed by atoms with Crippen molar-refractivity contribution >= 4 is 59.1 Å². The van der Waals surface area contributed by atoms with Crippen molar-refractivity contribution in [2.24, 2.45) is 0 Å². The molecular formula is C84H93Cl3N2O23. The van der Waals surface area contributed by atoms with Crippen molar-refractivity contribution in [3.05, 3.63) is 271 Å². The molecule has 4 saturated heterocycles. The summed E-state index contributed by atoms with van der Waals surface area (Å²) < 4.78 is 123. The van der Waals surface area contributed by atoms with Crippen LogP contribution in [0.15, 0.2) is 232 Å². The number of alkyl carbamates (subject to hydrolysis) is 2. The minimum atomic E-state index is -2.41. The van der Waals surface area contributed by atoms with E-state index in [0.29, 0.717) is 33.6 Å². The van der Waals surface area contributed by atoms with Gasteiger partial charge in [-0.25, -0.2) is 19.2 Å². The summed E-state index contributed by atoms with van der Waals surface area (Å²) in [5, 5.41) is 5.64. The van der Waals surface area contributed by atoms with Gasteiger partial charge in [0.05, 0.1) is 72.7 Å². The van der Waals surface area contributed by atoms with E-state index in [-0.39, 0.29) is 72.5 Å². The fourth-order valence-electron chi connectivity index (χ4n) is 13.1.